The quantitative estimate of drug-likeness (QED) is 0.483. The van der Waals surface area contributed by atoms with Crippen LogP contribution in [0.2, 0.25) is 0 Å². The molecule has 1 aromatic rings. The van der Waals surface area contributed by atoms with Gasteiger partial charge in [0.05, 0.1) is 0 Å². The maximum Gasteiger partial charge on any atom is 0.194 e. The molecule has 0 bridgehead atoms. The maximum absolute atomic E-state index is 5.16. The van der Waals surface area contributed by atoms with E-state index in [2.05, 4.69) is 20.4 Å². The second-order valence-electron chi connectivity index (χ2n) is 7.51. The van der Waals surface area contributed by atoms with Crippen LogP contribution in [0.25, 0.3) is 0 Å². The highest BCUT2D eigenvalue weighted by Gasteiger charge is 2.41. The number of ether oxygens (including phenoxy) is 1. The van der Waals surface area contributed by atoms with Crippen LogP contribution < -0.4 is 5.32 Å². The molecule has 140 valence electrons. The molecule has 3 rings (SSSR count). The molecule has 2 heterocycles. The largest absolute Gasteiger partial charge is 0.385 e. The Morgan fingerprint density at radius 2 is 2.08 bits per heavy atom. The van der Waals surface area contributed by atoms with Crippen molar-refractivity contribution in [2.24, 2.45) is 17.5 Å². The third-order valence-electron chi connectivity index (χ3n) is 5.76. The highest BCUT2D eigenvalue weighted by molar-refractivity contribution is 5.80. The zero-order chi connectivity index (χ0) is 17.7. The van der Waals surface area contributed by atoms with Gasteiger partial charge < -0.3 is 19.5 Å². The van der Waals surface area contributed by atoms with Crippen molar-refractivity contribution in [2.45, 2.75) is 52.0 Å². The fraction of sp³-hybridized carbons (Fsp3) is 0.833. The van der Waals surface area contributed by atoms with E-state index in [1.165, 1.54) is 32.1 Å². The monoisotopic (exact) mass is 348 g/mol. The maximum atomic E-state index is 5.16. The summed E-state index contributed by atoms with van der Waals surface area (Å²) in [5.41, 5.74) is 0.538. The van der Waals surface area contributed by atoms with E-state index in [9.17, 15) is 0 Å². The van der Waals surface area contributed by atoms with Crippen molar-refractivity contribution in [1.82, 2.24) is 25.0 Å². The number of aromatic nitrogens is 3. The van der Waals surface area contributed by atoms with Crippen LogP contribution in [0.4, 0.5) is 0 Å². The lowest BCUT2D eigenvalue weighted by Crippen LogP contribution is -2.41. The molecular weight excluding hydrogens is 316 g/mol. The average Bonchev–Trinajstić information content (AvgIpc) is 3.32. The van der Waals surface area contributed by atoms with E-state index in [0.29, 0.717) is 12.0 Å². The number of methoxy groups -OCH3 is 1. The summed E-state index contributed by atoms with van der Waals surface area (Å²) in [6.45, 7) is 6.43. The molecule has 1 saturated heterocycles. The minimum absolute atomic E-state index is 0.538. The number of hydrogen-bond donors (Lipinski definition) is 1. The van der Waals surface area contributed by atoms with E-state index in [-0.39, 0.29) is 0 Å². The molecule has 0 unspecified atom stereocenters. The van der Waals surface area contributed by atoms with Crippen molar-refractivity contribution in [2.75, 3.05) is 33.4 Å². The highest BCUT2D eigenvalue weighted by Crippen LogP contribution is 2.45. The standard InChI is InChI=1S/C18H32N6O/c1-15-21-22-16(23(15)2)13-20-17(19-10-6-12-25-3)24-11-9-18(14-24)7-4-5-8-18/h4-14H2,1-3H3,(H,19,20). The lowest BCUT2D eigenvalue weighted by atomic mass is 9.86. The zero-order valence-corrected chi connectivity index (χ0v) is 15.9. The van der Waals surface area contributed by atoms with Crippen LogP contribution in [0.3, 0.4) is 0 Å². The SMILES string of the molecule is COCCCNC(=NCc1nnc(C)n1C)N1CCC2(CCCC2)C1. The molecule has 0 radical (unpaired) electrons. The van der Waals surface area contributed by atoms with Crippen LogP contribution in [0.1, 0.15) is 50.2 Å². The summed E-state index contributed by atoms with van der Waals surface area (Å²) < 4.78 is 7.17. The Labute approximate surface area is 150 Å². The number of nitrogens with one attached hydrogen (secondary N) is 1. The fourth-order valence-electron chi connectivity index (χ4n) is 4.07. The van der Waals surface area contributed by atoms with Gasteiger partial charge in [0.15, 0.2) is 11.8 Å². The second kappa shape index (κ2) is 8.17. The van der Waals surface area contributed by atoms with Gasteiger partial charge in [-0.05, 0) is 38.0 Å². The van der Waals surface area contributed by atoms with E-state index in [4.69, 9.17) is 9.73 Å². The van der Waals surface area contributed by atoms with Crippen molar-refractivity contribution in [3.63, 3.8) is 0 Å². The van der Waals surface area contributed by atoms with Crippen LogP contribution >= 0.6 is 0 Å². The number of rotatable bonds is 6. The van der Waals surface area contributed by atoms with Gasteiger partial charge in [-0.2, -0.15) is 0 Å². The first-order valence-corrected chi connectivity index (χ1v) is 9.51. The Hall–Kier alpha value is -1.63. The predicted octanol–water partition coefficient (Wildman–Crippen LogP) is 1.87. The van der Waals surface area contributed by atoms with Crippen molar-refractivity contribution in [3.05, 3.63) is 11.6 Å². The van der Waals surface area contributed by atoms with Gasteiger partial charge in [0.25, 0.3) is 0 Å². The van der Waals surface area contributed by atoms with Gasteiger partial charge >= 0.3 is 0 Å². The van der Waals surface area contributed by atoms with Crippen molar-refractivity contribution < 1.29 is 4.74 Å². The summed E-state index contributed by atoms with van der Waals surface area (Å²) in [4.78, 5) is 7.32. The molecule has 7 heteroatoms. The van der Waals surface area contributed by atoms with Gasteiger partial charge in [0.2, 0.25) is 0 Å². The number of hydrogen-bond acceptors (Lipinski definition) is 4. The zero-order valence-electron chi connectivity index (χ0n) is 15.9. The molecular formula is C18H32N6O. The van der Waals surface area contributed by atoms with E-state index < -0.39 is 0 Å². The van der Waals surface area contributed by atoms with Gasteiger partial charge in [0.1, 0.15) is 12.4 Å². The van der Waals surface area contributed by atoms with Gasteiger partial charge in [-0.1, -0.05) is 12.8 Å². The molecule has 2 fully saturated rings. The first kappa shape index (κ1) is 18.2. The summed E-state index contributed by atoms with van der Waals surface area (Å²) in [5.74, 6) is 2.84. The smallest absolute Gasteiger partial charge is 0.194 e. The summed E-state index contributed by atoms with van der Waals surface area (Å²) in [7, 11) is 3.74. The minimum atomic E-state index is 0.538. The Morgan fingerprint density at radius 3 is 2.76 bits per heavy atom. The van der Waals surface area contributed by atoms with E-state index in [0.717, 1.165) is 50.3 Å². The number of guanidine groups is 1. The molecule has 0 atom stereocenters. The first-order chi connectivity index (χ1) is 12.1. The van der Waals surface area contributed by atoms with E-state index >= 15 is 0 Å². The number of aryl methyl sites for hydroxylation is 1. The van der Waals surface area contributed by atoms with Crippen LogP contribution in [-0.2, 0) is 18.3 Å². The molecule has 0 amide bonds. The third kappa shape index (κ3) is 4.32. The third-order valence-corrected chi connectivity index (χ3v) is 5.76. The second-order valence-corrected chi connectivity index (χ2v) is 7.51. The summed E-state index contributed by atoms with van der Waals surface area (Å²) in [6, 6.07) is 0. The van der Waals surface area contributed by atoms with Crippen LogP contribution in [-0.4, -0.2) is 59.0 Å². The molecule has 1 aromatic heterocycles. The Kier molecular flexibility index (Phi) is 5.93. The predicted molar refractivity (Wildman–Crippen MR) is 98.5 cm³/mol. The molecule has 1 aliphatic carbocycles. The fourth-order valence-corrected chi connectivity index (χ4v) is 4.07. The molecule has 1 saturated carbocycles. The summed E-state index contributed by atoms with van der Waals surface area (Å²) >= 11 is 0. The van der Waals surface area contributed by atoms with Gasteiger partial charge in [-0.15, -0.1) is 10.2 Å². The molecule has 1 aliphatic heterocycles. The molecule has 2 aliphatic rings. The topological polar surface area (TPSA) is 67.6 Å². The van der Waals surface area contributed by atoms with Gasteiger partial charge in [0, 0.05) is 40.4 Å². The van der Waals surface area contributed by atoms with E-state index in [1.54, 1.807) is 7.11 Å². The normalized spacial score (nSPS) is 20.0. The van der Waals surface area contributed by atoms with Gasteiger partial charge in [-0.3, -0.25) is 0 Å². The summed E-state index contributed by atoms with van der Waals surface area (Å²) in [5, 5.41) is 11.9. The summed E-state index contributed by atoms with van der Waals surface area (Å²) in [6.07, 6.45) is 7.82. The average molecular weight is 348 g/mol. The molecule has 1 spiro atoms. The molecule has 7 nitrogen and oxygen atoms in total. The Morgan fingerprint density at radius 1 is 1.28 bits per heavy atom. The molecule has 0 aromatic carbocycles. The van der Waals surface area contributed by atoms with Crippen molar-refractivity contribution >= 4 is 5.96 Å². The van der Waals surface area contributed by atoms with Crippen LogP contribution in [0, 0.1) is 12.3 Å². The minimum Gasteiger partial charge on any atom is -0.385 e. The highest BCUT2D eigenvalue weighted by atomic mass is 16.5. The van der Waals surface area contributed by atoms with Crippen LogP contribution in [0.5, 0.6) is 0 Å². The lowest BCUT2D eigenvalue weighted by Gasteiger charge is -2.26. The number of nitrogens with zero attached hydrogens (tertiary/aromatic N) is 5. The first-order valence-electron chi connectivity index (χ1n) is 9.51. The lowest BCUT2D eigenvalue weighted by molar-refractivity contribution is 0.195. The van der Waals surface area contributed by atoms with Crippen molar-refractivity contribution in [3.8, 4) is 0 Å². The van der Waals surface area contributed by atoms with Gasteiger partial charge in [-0.25, -0.2) is 4.99 Å². The Balaban J connectivity index is 1.66. The van der Waals surface area contributed by atoms with Crippen LogP contribution in [0.15, 0.2) is 4.99 Å². The molecule has 25 heavy (non-hydrogen) atoms. The van der Waals surface area contributed by atoms with Crippen molar-refractivity contribution in [1.29, 1.82) is 0 Å². The molecule has 1 N–H and O–H groups in total. The van der Waals surface area contributed by atoms with E-state index in [1.807, 2.05) is 18.5 Å². The number of aliphatic imine (C=N–C) groups is 1. The Bertz CT molecular complexity index is 590. The number of likely N-dealkylation sites (tertiary alicyclic amines) is 1.